The summed E-state index contributed by atoms with van der Waals surface area (Å²) in [7, 11) is -2.28. The molecule has 1 amide bonds. The van der Waals surface area contributed by atoms with Gasteiger partial charge in [0.05, 0.1) is 26.1 Å². The highest BCUT2D eigenvalue weighted by atomic mass is 35.5. The summed E-state index contributed by atoms with van der Waals surface area (Å²) in [5.74, 6) is 0.160. The van der Waals surface area contributed by atoms with Gasteiger partial charge in [-0.15, -0.1) is 22.7 Å². The molecule has 154 valence electrons. The first-order chi connectivity index (χ1) is 13.8. The van der Waals surface area contributed by atoms with Gasteiger partial charge in [0.15, 0.2) is 0 Å². The number of thiophene rings is 1. The van der Waals surface area contributed by atoms with Crippen LogP contribution in [0.4, 0.5) is 0 Å². The average molecular weight is 470 g/mol. The molecule has 29 heavy (non-hydrogen) atoms. The molecule has 0 atom stereocenters. The summed E-state index contributed by atoms with van der Waals surface area (Å²) >= 11 is 8.55. The number of likely N-dealkylation sites (N-methyl/N-ethyl adjacent to an activating group) is 1. The first kappa shape index (κ1) is 20.7. The molecule has 0 N–H and O–H groups in total. The molecular formula is C19H20ClN3O3S3. The number of thiazole rings is 1. The van der Waals surface area contributed by atoms with Crippen LogP contribution in [-0.4, -0.2) is 55.2 Å². The van der Waals surface area contributed by atoms with Gasteiger partial charge in [-0.1, -0.05) is 23.7 Å². The lowest BCUT2D eigenvalue weighted by Gasteiger charge is -2.32. The number of likely N-dealkylation sites (tertiary alicyclic amines) is 1. The van der Waals surface area contributed by atoms with Crippen molar-refractivity contribution in [1.29, 1.82) is 0 Å². The highest BCUT2D eigenvalue weighted by Gasteiger charge is 2.29. The summed E-state index contributed by atoms with van der Waals surface area (Å²) in [6, 6.07) is 11.1. The number of hydrogen-bond acceptors (Lipinski definition) is 6. The van der Waals surface area contributed by atoms with Gasteiger partial charge in [-0.3, -0.25) is 4.79 Å². The second-order valence-electron chi connectivity index (χ2n) is 6.99. The minimum absolute atomic E-state index is 0.146. The van der Waals surface area contributed by atoms with Crippen LogP contribution in [0.2, 0.25) is 4.34 Å². The van der Waals surface area contributed by atoms with Crippen LogP contribution >= 0.6 is 34.3 Å². The molecule has 1 aromatic carbocycles. The molecule has 3 heterocycles. The number of aromatic nitrogens is 1. The highest BCUT2D eigenvalue weighted by molar-refractivity contribution is 7.91. The molecule has 1 aliphatic heterocycles. The van der Waals surface area contributed by atoms with Gasteiger partial charge in [0.25, 0.3) is 10.0 Å². The molecule has 0 spiro atoms. The van der Waals surface area contributed by atoms with Crippen LogP contribution in [0.3, 0.4) is 0 Å². The zero-order valence-electron chi connectivity index (χ0n) is 15.7. The Kier molecular flexibility index (Phi) is 5.94. The zero-order chi connectivity index (χ0) is 20.6. The maximum atomic E-state index is 12.7. The lowest BCUT2D eigenvalue weighted by Crippen LogP contribution is -2.44. The number of fused-ring (bicyclic) bond motifs is 1. The standard InChI is InChI=1S/C19H20ClN3O3S3/c1-22(29(25,26)18-7-6-16(20)28-18)12-17(24)23-10-8-13(9-11-23)19-21-14-4-2-3-5-15(14)27-19/h2-7,13H,8-12H2,1H3. The fourth-order valence-corrected chi connectivity index (χ4v) is 7.36. The number of amides is 1. The number of nitrogens with zero attached hydrogens (tertiary/aromatic N) is 3. The lowest BCUT2D eigenvalue weighted by molar-refractivity contribution is -0.132. The van der Waals surface area contributed by atoms with Crippen molar-refractivity contribution >= 4 is 60.4 Å². The number of piperidine rings is 1. The van der Waals surface area contributed by atoms with Gasteiger partial charge in [-0.05, 0) is 37.1 Å². The van der Waals surface area contributed by atoms with Crippen molar-refractivity contribution in [2.24, 2.45) is 0 Å². The van der Waals surface area contributed by atoms with Gasteiger partial charge in [-0.25, -0.2) is 13.4 Å². The van der Waals surface area contributed by atoms with Gasteiger partial charge < -0.3 is 4.90 Å². The Labute approximate surface area is 182 Å². The number of carbonyl (C=O) groups excluding carboxylic acids is 1. The van der Waals surface area contributed by atoms with Crippen molar-refractivity contribution in [2.45, 2.75) is 23.0 Å². The molecule has 6 nitrogen and oxygen atoms in total. The summed E-state index contributed by atoms with van der Waals surface area (Å²) in [4.78, 5) is 19.1. The number of hydrogen-bond donors (Lipinski definition) is 0. The number of rotatable bonds is 5. The predicted octanol–water partition coefficient (Wildman–Crippen LogP) is 4.04. The molecular weight excluding hydrogens is 450 g/mol. The number of carbonyl (C=O) groups is 1. The summed E-state index contributed by atoms with van der Waals surface area (Å²) in [5.41, 5.74) is 1.02. The van der Waals surface area contributed by atoms with E-state index < -0.39 is 10.0 Å². The number of para-hydroxylation sites is 1. The molecule has 1 aliphatic rings. The van der Waals surface area contributed by atoms with E-state index >= 15 is 0 Å². The third kappa shape index (κ3) is 4.34. The Morgan fingerprint density at radius 1 is 1.21 bits per heavy atom. The van der Waals surface area contributed by atoms with E-state index in [2.05, 4.69) is 6.07 Å². The number of sulfonamides is 1. The number of halogens is 1. The normalized spacial score (nSPS) is 16.0. The molecule has 1 saturated heterocycles. The summed E-state index contributed by atoms with van der Waals surface area (Å²) in [6.07, 6.45) is 1.67. The van der Waals surface area contributed by atoms with E-state index in [1.165, 1.54) is 17.8 Å². The highest BCUT2D eigenvalue weighted by Crippen LogP contribution is 2.34. The third-order valence-electron chi connectivity index (χ3n) is 5.08. The topological polar surface area (TPSA) is 70.6 Å². The van der Waals surface area contributed by atoms with Gasteiger partial charge in [-0.2, -0.15) is 4.31 Å². The van der Waals surface area contributed by atoms with Crippen LogP contribution < -0.4 is 0 Å². The molecule has 0 aliphatic carbocycles. The second-order valence-corrected chi connectivity index (χ2v) is 12.0. The van der Waals surface area contributed by atoms with E-state index in [1.807, 2.05) is 18.2 Å². The molecule has 2 aromatic heterocycles. The molecule has 0 unspecified atom stereocenters. The van der Waals surface area contributed by atoms with Crippen molar-refractivity contribution < 1.29 is 13.2 Å². The van der Waals surface area contributed by atoms with E-state index in [9.17, 15) is 13.2 Å². The van der Waals surface area contributed by atoms with E-state index in [1.54, 1.807) is 22.3 Å². The van der Waals surface area contributed by atoms with Gasteiger partial charge in [0.1, 0.15) is 4.21 Å². The molecule has 0 radical (unpaired) electrons. The van der Waals surface area contributed by atoms with Gasteiger partial charge in [0, 0.05) is 26.1 Å². The Morgan fingerprint density at radius 2 is 1.93 bits per heavy atom. The summed E-state index contributed by atoms with van der Waals surface area (Å²) < 4.78 is 28.0. The average Bonchev–Trinajstić information content (AvgIpc) is 3.34. The monoisotopic (exact) mass is 469 g/mol. The summed E-state index contributed by atoms with van der Waals surface area (Å²) in [6.45, 7) is 1.04. The largest absolute Gasteiger partial charge is 0.342 e. The van der Waals surface area contributed by atoms with Crippen LogP contribution in [-0.2, 0) is 14.8 Å². The first-order valence-corrected chi connectivity index (χ1v) is 12.6. The van der Waals surface area contributed by atoms with Crippen LogP contribution in [0, 0.1) is 0 Å². The van der Waals surface area contributed by atoms with E-state index in [-0.39, 0.29) is 16.7 Å². The molecule has 0 saturated carbocycles. The van der Waals surface area contributed by atoms with Crippen molar-refractivity contribution in [1.82, 2.24) is 14.2 Å². The first-order valence-electron chi connectivity index (χ1n) is 9.19. The molecule has 10 heteroatoms. The van der Waals surface area contributed by atoms with Crippen molar-refractivity contribution in [3.05, 3.63) is 45.7 Å². The fraction of sp³-hybridized carbons (Fsp3) is 0.368. The predicted molar refractivity (Wildman–Crippen MR) is 117 cm³/mol. The maximum absolute atomic E-state index is 12.7. The lowest BCUT2D eigenvalue weighted by atomic mass is 9.97. The van der Waals surface area contributed by atoms with Crippen LogP contribution in [0.1, 0.15) is 23.8 Å². The van der Waals surface area contributed by atoms with Crippen LogP contribution in [0.15, 0.2) is 40.6 Å². The fourth-order valence-electron chi connectivity index (χ4n) is 3.41. The number of benzene rings is 1. The SMILES string of the molecule is CN(CC(=O)N1CCC(c2nc3ccccc3s2)CC1)S(=O)(=O)c1ccc(Cl)s1. The quantitative estimate of drug-likeness (QED) is 0.565. The Balaban J connectivity index is 1.36. The van der Waals surface area contributed by atoms with Gasteiger partial charge in [0.2, 0.25) is 5.91 Å². The van der Waals surface area contributed by atoms with E-state index in [0.717, 1.165) is 39.0 Å². The van der Waals surface area contributed by atoms with Crippen molar-refractivity contribution in [3.63, 3.8) is 0 Å². The Morgan fingerprint density at radius 3 is 2.59 bits per heavy atom. The van der Waals surface area contributed by atoms with Crippen LogP contribution in [0.5, 0.6) is 0 Å². The minimum Gasteiger partial charge on any atom is -0.342 e. The molecule has 0 bridgehead atoms. The van der Waals surface area contributed by atoms with Crippen molar-refractivity contribution in [3.8, 4) is 0 Å². The zero-order valence-corrected chi connectivity index (χ0v) is 19.0. The van der Waals surface area contributed by atoms with E-state index in [0.29, 0.717) is 23.3 Å². The second kappa shape index (κ2) is 8.31. The third-order valence-corrected chi connectivity index (χ3v) is 9.78. The van der Waals surface area contributed by atoms with Crippen molar-refractivity contribution in [2.75, 3.05) is 26.7 Å². The molecule has 4 rings (SSSR count). The summed E-state index contributed by atoms with van der Waals surface area (Å²) in [5, 5.41) is 1.12. The smallest absolute Gasteiger partial charge is 0.252 e. The minimum atomic E-state index is -3.71. The Bertz CT molecular complexity index is 1100. The maximum Gasteiger partial charge on any atom is 0.252 e. The van der Waals surface area contributed by atoms with Gasteiger partial charge >= 0.3 is 0 Å². The molecule has 3 aromatic rings. The van der Waals surface area contributed by atoms with E-state index in [4.69, 9.17) is 16.6 Å². The van der Waals surface area contributed by atoms with Crippen LogP contribution in [0.25, 0.3) is 10.2 Å². The Hall–Kier alpha value is -1.52. The molecule has 1 fully saturated rings.